The summed E-state index contributed by atoms with van der Waals surface area (Å²) in [6.07, 6.45) is 9.94. The minimum atomic E-state index is 0.00383. The van der Waals surface area contributed by atoms with E-state index in [0.29, 0.717) is 6.10 Å². The van der Waals surface area contributed by atoms with Crippen LogP contribution < -0.4 is 0 Å². The fourth-order valence-electron chi connectivity index (χ4n) is 2.02. The van der Waals surface area contributed by atoms with Crippen molar-refractivity contribution in [2.45, 2.75) is 70.5 Å². The van der Waals surface area contributed by atoms with Crippen molar-refractivity contribution in [3.63, 3.8) is 0 Å². The van der Waals surface area contributed by atoms with Gasteiger partial charge in [0.1, 0.15) is 0 Å². The van der Waals surface area contributed by atoms with Crippen molar-refractivity contribution in [3.05, 3.63) is 0 Å². The summed E-state index contributed by atoms with van der Waals surface area (Å²) < 4.78 is 6.12. The Labute approximate surface area is 96.7 Å². The smallest absolute Gasteiger partial charge is 0.0726 e. The van der Waals surface area contributed by atoms with Gasteiger partial charge in [-0.15, -0.1) is 0 Å². The zero-order valence-corrected chi connectivity index (χ0v) is 11.1. The average Bonchev–Trinajstić information content (AvgIpc) is 2.10. The molecule has 1 saturated carbocycles. The van der Waals surface area contributed by atoms with Crippen LogP contribution in [0.3, 0.4) is 0 Å². The van der Waals surface area contributed by atoms with Crippen LogP contribution in [0.5, 0.6) is 0 Å². The van der Waals surface area contributed by atoms with Crippen LogP contribution in [0.4, 0.5) is 0 Å². The molecule has 0 aromatic rings. The normalized spacial score (nSPS) is 21.6. The number of halogens is 1. The van der Waals surface area contributed by atoms with Crippen LogP contribution >= 0.6 is 15.9 Å². The quantitative estimate of drug-likeness (QED) is 0.690. The van der Waals surface area contributed by atoms with E-state index in [1.165, 1.54) is 44.9 Å². The Kier molecular flexibility index (Phi) is 5.47. The van der Waals surface area contributed by atoms with E-state index in [2.05, 4.69) is 29.8 Å². The van der Waals surface area contributed by atoms with Gasteiger partial charge in [0.15, 0.2) is 0 Å². The highest BCUT2D eigenvalue weighted by atomic mass is 79.9. The Morgan fingerprint density at radius 1 is 1.07 bits per heavy atom. The summed E-state index contributed by atoms with van der Waals surface area (Å²) in [5.74, 6) is 0. The summed E-state index contributed by atoms with van der Waals surface area (Å²) in [6, 6.07) is 0. The molecule has 2 heteroatoms. The van der Waals surface area contributed by atoms with Crippen LogP contribution in [0, 0.1) is 0 Å². The van der Waals surface area contributed by atoms with Gasteiger partial charge >= 0.3 is 0 Å². The Bertz CT molecular complexity index is 148. The highest BCUT2D eigenvalue weighted by Crippen LogP contribution is 2.24. The van der Waals surface area contributed by atoms with Crippen LogP contribution in [0.15, 0.2) is 0 Å². The molecule has 0 aromatic carbocycles. The van der Waals surface area contributed by atoms with Gasteiger partial charge in [-0.1, -0.05) is 48.0 Å². The Morgan fingerprint density at radius 2 is 1.57 bits per heavy atom. The lowest BCUT2D eigenvalue weighted by atomic mass is 9.98. The van der Waals surface area contributed by atoms with Crippen molar-refractivity contribution >= 4 is 15.9 Å². The van der Waals surface area contributed by atoms with E-state index in [1.807, 2.05) is 0 Å². The monoisotopic (exact) mass is 262 g/mol. The minimum absolute atomic E-state index is 0.00383. The maximum absolute atomic E-state index is 6.12. The zero-order chi connectivity index (χ0) is 10.4. The van der Waals surface area contributed by atoms with Crippen molar-refractivity contribution in [1.29, 1.82) is 0 Å². The lowest BCUT2D eigenvalue weighted by Crippen LogP contribution is -2.32. The van der Waals surface area contributed by atoms with Gasteiger partial charge < -0.3 is 4.74 Å². The number of hydrogen-bond donors (Lipinski definition) is 0. The largest absolute Gasteiger partial charge is 0.371 e. The van der Waals surface area contributed by atoms with Crippen molar-refractivity contribution in [2.24, 2.45) is 0 Å². The van der Waals surface area contributed by atoms with Gasteiger partial charge in [0.25, 0.3) is 0 Å². The molecule has 0 heterocycles. The van der Waals surface area contributed by atoms with Gasteiger partial charge in [0.05, 0.1) is 11.7 Å². The molecule has 0 radical (unpaired) electrons. The molecule has 0 bridgehead atoms. The van der Waals surface area contributed by atoms with Crippen LogP contribution in [-0.4, -0.2) is 17.0 Å². The predicted octanol–water partition coefficient (Wildman–Crippen LogP) is 4.29. The van der Waals surface area contributed by atoms with Gasteiger partial charge in [-0.2, -0.15) is 0 Å². The van der Waals surface area contributed by atoms with Gasteiger partial charge in [-0.05, 0) is 26.7 Å². The van der Waals surface area contributed by atoms with Crippen LogP contribution in [-0.2, 0) is 4.74 Å². The molecular weight excluding hydrogens is 240 g/mol. The number of alkyl halides is 1. The van der Waals surface area contributed by atoms with Crippen molar-refractivity contribution in [2.75, 3.05) is 5.33 Å². The summed E-state index contributed by atoms with van der Waals surface area (Å²) in [5.41, 5.74) is 0.00383. The van der Waals surface area contributed by atoms with E-state index < -0.39 is 0 Å². The van der Waals surface area contributed by atoms with Crippen molar-refractivity contribution in [1.82, 2.24) is 0 Å². The SMILES string of the molecule is CC(C)(CBr)OC1CCCCCCC1. The van der Waals surface area contributed by atoms with Gasteiger partial charge in [0.2, 0.25) is 0 Å². The summed E-state index contributed by atoms with van der Waals surface area (Å²) in [7, 11) is 0. The molecule has 0 atom stereocenters. The first-order valence-electron chi connectivity index (χ1n) is 5.88. The summed E-state index contributed by atoms with van der Waals surface area (Å²) in [4.78, 5) is 0. The van der Waals surface area contributed by atoms with Gasteiger partial charge in [-0.25, -0.2) is 0 Å². The van der Waals surface area contributed by atoms with Crippen molar-refractivity contribution < 1.29 is 4.74 Å². The molecule has 1 nitrogen and oxygen atoms in total. The molecule has 0 amide bonds. The average molecular weight is 263 g/mol. The van der Waals surface area contributed by atoms with Crippen molar-refractivity contribution in [3.8, 4) is 0 Å². The highest BCUT2D eigenvalue weighted by Gasteiger charge is 2.22. The molecule has 1 aliphatic rings. The molecule has 0 aromatic heterocycles. The standard InChI is InChI=1S/C12H23BrO/c1-12(2,10-13)14-11-8-6-4-3-5-7-9-11/h11H,3-10H2,1-2H3. The predicted molar refractivity (Wildman–Crippen MR) is 65.1 cm³/mol. The molecule has 0 spiro atoms. The fraction of sp³-hybridized carbons (Fsp3) is 1.00. The van der Waals surface area contributed by atoms with Gasteiger partial charge in [0, 0.05) is 5.33 Å². The lowest BCUT2D eigenvalue weighted by Gasteiger charge is -2.30. The van der Waals surface area contributed by atoms with Gasteiger partial charge in [-0.3, -0.25) is 0 Å². The number of rotatable bonds is 3. The highest BCUT2D eigenvalue weighted by molar-refractivity contribution is 9.09. The molecule has 1 aliphatic carbocycles. The molecular formula is C12H23BrO. The second-order valence-electron chi connectivity index (χ2n) is 4.98. The lowest BCUT2D eigenvalue weighted by molar-refractivity contribution is -0.0653. The summed E-state index contributed by atoms with van der Waals surface area (Å²) >= 11 is 3.51. The second kappa shape index (κ2) is 6.12. The third-order valence-electron chi connectivity index (χ3n) is 2.86. The second-order valence-corrected chi connectivity index (χ2v) is 5.54. The van der Waals surface area contributed by atoms with E-state index in [1.54, 1.807) is 0 Å². The van der Waals surface area contributed by atoms with E-state index in [4.69, 9.17) is 4.74 Å². The van der Waals surface area contributed by atoms with E-state index in [9.17, 15) is 0 Å². The summed E-state index contributed by atoms with van der Waals surface area (Å²) in [5, 5.41) is 0.927. The molecule has 0 saturated heterocycles. The molecule has 84 valence electrons. The molecule has 14 heavy (non-hydrogen) atoms. The molecule has 0 unspecified atom stereocenters. The molecule has 1 fully saturated rings. The van der Waals surface area contributed by atoms with E-state index in [-0.39, 0.29) is 5.60 Å². The molecule has 0 aliphatic heterocycles. The first-order chi connectivity index (χ1) is 6.64. The van der Waals surface area contributed by atoms with Crippen LogP contribution in [0.25, 0.3) is 0 Å². The third-order valence-corrected chi connectivity index (χ3v) is 4.21. The van der Waals surface area contributed by atoms with E-state index in [0.717, 1.165) is 5.33 Å². The van der Waals surface area contributed by atoms with E-state index >= 15 is 0 Å². The molecule has 0 N–H and O–H groups in total. The zero-order valence-electron chi connectivity index (χ0n) is 9.52. The fourth-order valence-corrected chi connectivity index (χ4v) is 2.15. The maximum Gasteiger partial charge on any atom is 0.0726 e. The Hall–Kier alpha value is 0.440. The Morgan fingerprint density at radius 3 is 2.07 bits per heavy atom. The third kappa shape index (κ3) is 4.79. The Balaban J connectivity index is 2.33. The summed E-state index contributed by atoms with van der Waals surface area (Å²) in [6.45, 7) is 4.33. The molecule has 1 rings (SSSR count). The first kappa shape index (κ1) is 12.5. The number of hydrogen-bond acceptors (Lipinski definition) is 1. The first-order valence-corrected chi connectivity index (χ1v) is 7.00. The minimum Gasteiger partial charge on any atom is -0.371 e. The maximum atomic E-state index is 6.12. The van der Waals surface area contributed by atoms with Crippen LogP contribution in [0.2, 0.25) is 0 Å². The number of ether oxygens (including phenoxy) is 1. The van der Waals surface area contributed by atoms with Crippen LogP contribution in [0.1, 0.15) is 58.8 Å². The topological polar surface area (TPSA) is 9.23 Å².